The van der Waals surface area contributed by atoms with Crippen molar-refractivity contribution in [3.63, 3.8) is 0 Å². The number of hydrogen-bond donors (Lipinski definition) is 1. The van der Waals surface area contributed by atoms with Crippen molar-refractivity contribution in [2.24, 2.45) is 0 Å². The maximum absolute atomic E-state index is 13.2. The Kier molecular flexibility index (Phi) is 6.92. The zero-order valence-electron chi connectivity index (χ0n) is 17.5. The van der Waals surface area contributed by atoms with Gasteiger partial charge in [0.1, 0.15) is 5.52 Å². The fourth-order valence-electron chi connectivity index (χ4n) is 3.27. The van der Waals surface area contributed by atoms with Gasteiger partial charge in [-0.3, -0.25) is 18.8 Å². The van der Waals surface area contributed by atoms with Gasteiger partial charge < -0.3 is 5.32 Å². The lowest BCUT2D eigenvalue weighted by Gasteiger charge is -2.12. The van der Waals surface area contributed by atoms with E-state index in [1.165, 1.54) is 11.8 Å². The average Bonchev–Trinajstić information content (AvgIpc) is 3.21. The van der Waals surface area contributed by atoms with Crippen LogP contribution >= 0.6 is 23.4 Å². The number of carbonyl (C=O) groups excluding carboxylic acids is 1. The van der Waals surface area contributed by atoms with Crippen molar-refractivity contribution in [3.8, 4) is 0 Å². The molecule has 0 fully saturated rings. The summed E-state index contributed by atoms with van der Waals surface area (Å²) in [6.07, 6.45) is 2.43. The van der Waals surface area contributed by atoms with E-state index in [1.54, 1.807) is 39.7 Å². The molecule has 0 unspecified atom stereocenters. The van der Waals surface area contributed by atoms with E-state index in [0.29, 0.717) is 46.4 Å². The molecule has 164 valence electrons. The molecule has 2 aromatic carbocycles. The van der Waals surface area contributed by atoms with Crippen molar-refractivity contribution < 1.29 is 4.79 Å². The number of halogens is 1. The summed E-state index contributed by atoms with van der Waals surface area (Å²) in [6, 6.07) is 16.9. The van der Waals surface area contributed by atoms with E-state index in [1.807, 2.05) is 37.3 Å². The molecular formula is C23H22ClN5O2S. The summed E-state index contributed by atoms with van der Waals surface area (Å²) in [5.41, 5.74) is 2.42. The summed E-state index contributed by atoms with van der Waals surface area (Å²) in [5.74, 6) is -0.0944. The molecule has 1 amide bonds. The maximum atomic E-state index is 13.2. The Morgan fingerprint density at radius 1 is 1.16 bits per heavy atom. The van der Waals surface area contributed by atoms with Gasteiger partial charge in [-0.05, 0) is 37.1 Å². The first-order valence-corrected chi connectivity index (χ1v) is 11.6. The van der Waals surface area contributed by atoms with E-state index in [9.17, 15) is 9.59 Å². The van der Waals surface area contributed by atoms with Gasteiger partial charge in [0.2, 0.25) is 5.91 Å². The molecule has 4 aromatic rings. The Hall–Kier alpha value is -3.10. The van der Waals surface area contributed by atoms with E-state index in [4.69, 9.17) is 11.6 Å². The number of nitrogens with zero attached hydrogens (tertiary/aromatic N) is 4. The van der Waals surface area contributed by atoms with Gasteiger partial charge in [0.25, 0.3) is 5.56 Å². The van der Waals surface area contributed by atoms with Gasteiger partial charge >= 0.3 is 0 Å². The highest BCUT2D eigenvalue weighted by Crippen LogP contribution is 2.20. The summed E-state index contributed by atoms with van der Waals surface area (Å²) in [4.78, 5) is 30.3. The minimum atomic E-state index is -0.203. The van der Waals surface area contributed by atoms with Crippen molar-refractivity contribution in [1.29, 1.82) is 0 Å². The number of nitrogens with one attached hydrogen (secondary N) is 1. The number of benzene rings is 2. The molecule has 0 saturated carbocycles. The average molecular weight is 468 g/mol. The number of rotatable bonds is 8. The molecule has 0 radical (unpaired) electrons. The second kappa shape index (κ2) is 10.0. The number of amides is 1. The molecule has 4 rings (SSSR count). The van der Waals surface area contributed by atoms with E-state index in [2.05, 4.69) is 15.4 Å². The topological polar surface area (TPSA) is 81.8 Å². The standard InChI is InChI=1S/C23H22ClN5O2S/c1-2-28-14-19-21(27-28)22(31)29(12-11-16-7-4-3-5-8-16)23(26-19)32-15-20(30)25-18-10-6-9-17(24)13-18/h3-10,13-14H,2,11-12,15H2,1H3,(H,25,30). The second-order valence-corrected chi connectivity index (χ2v) is 8.53. The number of thioether (sulfide) groups is 1. The molecule has 2 heterocycles. The first-order valence-electron chi connectivity index (χ1n) is 10.2. The smallest absolute Gasteiger partial charge is 0.282 e. The zero-order valence-corrected chi connectivity index (χ0v) is 19.1. The first kappa shape index (κ1) is 22.1. The molecule has 2 aromatic heterocycles. The summed E-state index contributed by atoms with van der Waals surface area (Å²) in [6.45, 7) is 3.04. The van der Waals surface area contributed by atoms with Crippen molar-refractivity contribution in [3.05, 3.63) is 81.7 Å². The quantitative estimate of drug-likeness (QED) is 0.309. The highest BCUT2D eigenvalue weighted by molar-refractivity contribution is 7.99. The van der Waals surface area contributed by atoms with Crippen LogP contribution in [-0.2, 0) is 24.3 Å². The van der Waals surface area contributed by atoms with Crippen LogP contribution in [0.15, 0.2) is 70.7 Å². The molecule has 0 saturated heterocycles. The predicted molar refractivity (Wildman–Crippen MR) is 128 cm³/mol. The van der Waals surface area contributed by atoms with Crippen molar-refractivity contribution in [1.82, 2.24) is 19.3 Å². The van der Waals surface area contributed by atoms with E-state index in [0.717, 1.165) is 5.56 Å². The first-order chi connectivity index (χ1) is 15.5. The highest BCUT2D eigenvalue weighted by Gasteiger charge is 2.16. The largest absolute Gasteiger partial charge is 0.325 e. The third kappa shape index (κ3) is 5.20. The molecule has 0 aliphatic heterocycles. The Labute approximate surface area is 194 Å². The number of aryl methyl sites for hydroxylation is 2. The van der Waals surface area contributed by atoms with Crippen LogP contribution < -0.4 is 10.9 Å². The number of aromatic nitrogens is 4. The number of hydrogen-bond acceptors (Lipinski definition) is 5. The Bertz CT molecular complexity index is 1300. The maximum Gasteiger partial charge on any atom is 0.282 e. The summed E-state index contributed by atoms with van der Waals surface area (Å²) in [7, 11) is 0. The minimum Gasteiger partial charge on any atom is -0.325 e. The third-order valence-corrected chi connectivity index (χ3v) is 6.08. The number of anilines is 1. The number of fused-ring (bicyclic) bond motifs is 1. The van der Waals surface area contributed by atoms with Crippen LogP contribution in [0.3, 0.4) is 0 Å². The molecule has 32 heavy (non-hydrogen) atoms. The zero-order chi connectivity index (χ0) is 22.5. The van der Waals surface area contributed by atoms with Gasteiger partial charge in [0.15, 0.2) is 10.7 Å². The lowest BCUT2D eigenvalue weighted by Crippen LogP contribution is -2.25. The van der Waals surface area contributed by atoms with Gasteiger partial charge in [-0.15, -0.1) is 0 Å². The van der Waals surface area contributed by atoms with E-state index >= 15 is 0 Å². The third-order valence-electron chi connectivity index (χ3n) is 4.87. The predicted octanol–water partition coefficient (Wildman–Crippen LogP) is 4.24. The SMILES string of the molecule is CCn1cc2nc(SCC(=O)Nc3cccc(Cl)c3)n(CCc3ccccc3)c(=O)c2n1. The fourth-order valence-corrected chi connectivity index (χ4v) is 4.29. The monoisotopic (exact) mass is 467 g/mol. The van der Waals surface area contributed by atoms with E-state index < -0.39 is 0 Å². The number of carbonyl (C=O) groups is 1. The van der Waals surface area contributed by atoms with Crippen LogP contribution in [-0.4, -0.2) is 31.0 Å². The van der Waals surface area contributed by atoms with E-state index in [-0.39, 0.29) is 17.2 Å². The molecule has 0 atom stereocenters. The molecule has 9 heteroatoms. The minimum absolute atomic E-state index is 0.109. The lowest BCUT2D eigenvalue weighted by atomic mass is 10.1. The van der Waals surface area contributed by atoms with Gasteiger partial charge in [-0.1, -0.05) is 59.8 Å². The van der Waals surface area contributed by atoms with Crippen LogP contribution in [0.1, 0.15) is 12.5 Å². The Morgan fingerprint density at radius 3 is 2.72 bits per heavy atom. The van der Waals surface area contributed by atoms with Gasteiger partial charge in [-0.2, -0.15) is 5.10 Å². The molecule has 1 N–H and O–H groups in total. The molecular weight excluding hydrogens is 446 g/mol. The molecule has 0 bridgehead atoms. The van der Waals surface area contributed by atoms with Crippen LogP contribution in [0.25, 0.3) is 11.0 Å². The molecule has 0 aliphatic rings. The Balaban J connectivity index is 1.57. The van der Waals surface area contributed by atoms with Crippen LogP contribution in [0.5, 0.6) is 0 Å². The normalized spacial score (nSPS) is 11.1. The van der Waals surface area contributed by atoms with Crippen molar-refractivity contribution >= 4 is 46.0 Å². The van der Waals surface area contributed by atoms with Gasteiger partial charge in [-0.25, -0.2) is 4.98 Å². The van der Waals surface area contributed by atoms with Crippen LogP contribution in [0.2, 0.25) is 5.02 Å². The molecule has 0 aliphatic carbocycles. The summed E-state index contributed by atoms with van der Waals surface area (Å²) >= 11 is 7.21. The Morgan fingerprint density at radius 2 is 1.97 bits per heavy atom. The summed E-state index contributed by atoms with van der Waals surface area (Å²) in [5, 5.41) is 8.23. The van der Waals surface area contributed by atoms with Crippen LogP contribution in [0.4, 0.5) is 5.69 Å². The molecule has 0 spiro atoms. The van der Waals surface area contributed by atoms with Gasteiger partial charge in [0, 0.05) is 23.8 Å². The summed E-state index contributed by atoms with van der Waals surface area (Å²) < 4.78 is 3.31. The fraction of sp³-hybridized carbons (Fsp3) is 0.217. The second-order valence-electron chi connectivity index (χ2n) is 7.15. The molecule has 7 nitrogen and oxygen atoms in total. The van der Waals surface area contributed by atoms with Crippen molar-refractivity contribution in [2.75, 3.05) is 11.1 Å². The highest BCUT2D eigenvalue weighted by atomic mass is 35.5. The van der Waals surface area contributed by atoms with Crippen LogP contribution in [0, 0.1) is 0 Å². The lowest BCUT2D eigenvalue weighted by molar-refractivity contribution is -0.113. The van der Waals surface area contributed by atoms with Gasteiger partial charge in [0.05, 0.1) is 11.9 Å². The van der Waals surface area contributed by atoms with Crippen molar-refractivity contribution in [2.45, 2.75) is 31.6 Å².